The van der Waals surface area contributed by atoms with Crippen LogP contribution in [0.1, 0.15) is 32.9 Å². The minimum Gasteiger partial charge on any atom is -0.374 e. The van der Waals surface area contributed by atoms with E-state index in [4.69, 9.17) is 10.7 Å². The fraction of sp³-hybridized carbons (Fsp3) is 0.583. The number of aromatic nitrogens is 3. The number of hydrogen-bond donors (Lipinski definition) is 1. The Labute approximate surface area is 121 Å². The Morgan fingerprint density at radius 2 is 1.84 bits per heavy atom. The predicted octanol–water partition coefficient (Wildman–Crippen LogP) is 3.04. The summed E-state index contributed by atoms with van der Waals surface area (Å²) in [5, 5.41) is 10.5. The zero-order valence-electron chi connectivity index (χ0n) is 11.5. The number of nitrogens with zero attached hydrogens (tertiary/aromatic N) is 4. The Kier molecular flexibility index (Phi) is 4.71. The van der Waals surface area contributed by atoms with Crippen molar-refractivity contribution in [2.24, 2.45) is 0 Å². The number of rotatable bonds is 6. The summed E-state index contributed by atoms with van der Waals surface area (Å²) >= 11 is 3.12. The van der Waals surface area contributed by atoms with Crippen molar-refractivity contribution in [1.82, 2.24) is 15.2 Å². The number of thiazole rings is 1. The van der Waals surface area contributed by atoms with E-state index in [1.165, 1.54) is 11.3 Å². The van der Waals surface area contributed by atoms with E-state index in [9.17, 15) is 0 Å². The molecule has 0 bridgehead atoms. The molecule has 2 heterocycles. The molecule has 0 aliphatic heterocycles. The maximum atomic E-state index is 5.68. The minimum absolute atomic E-state index is 0.509. The first kappa shape index (κ1) is 14.2. The van der Waals surface area contributed by atoms with Gasteiger partial charge in [-0.2, -0.15) is 0 Å². The lowest BCUT2D eigenvalue weighted by atomic mass is 10.2. The number of aryl methyl sites for hydroxylation is 1. The van der Waals surface area contributed by atoms with Gasteiger partial charge in [0.1, 0.15) is 0 Å². The summed E-state index contributed by atoms with van der Waals surface area (Å²) in [6, 6.07) is 0. The molecule has 0 fully saturated rings. The number of hydrogen-bond acceptors (Lipinski definition) is 7. The summed E-state index contributed by atoms with van der Waals surface area (Å²) in [4.78, 5) is 8.15. The molecule has 0 unspecified atom stereocenters. The fourth-order valence-electron chi connectivity index (χ4n) is 1.87. The van der Waals surface area contributed by atoms with E-state index in [2.05, 4.69) is 35.9 Å². The molecule has 7 heteroatoms. The molecule has 0 aliphatic carbocycles. The van der Waals surface area contributed by atoms with Crippen molar-refractivity contribution in [1.29, 1.82) is 0 Å². The Hall–Kier alpha value is -1.21. The summed E-state index contributed by atoms with van der Waals surface area (Å²) in [5.41, 5.74) is 6.79. The normalized spacial score (nSPS) is 10.9. The van der Waals surface area contributed by atoms with Crippen molar-refractivity contribution in [2.75, 3.05) is 23.7 Å². The fourth-order valence-corrected chi connectivity index (χ4v) is 3.81. The second-order valence-electron chi connectivity index (χ2n) is 4.14. The highest BCUT2D eigenvalue weighted by Crippen LogP contribution is 2.37. The summed E-state index contributed by atoms with van der Waals surface area (Å²) in [7, 11) is 0. The Bertz CT molecular complexity index is 530. The Morgan fingerprint density at radius 3 is 2.37 bits per heavy atom. The van der Waals surface area contributed by atoms with Gasteiger partial charge in [0, 0.05) is 13.1 Å². The molecule has 2 aromatic heterocycles. The lowest BCUT2D eigenvalue weighted by Crippen LogP contribution is -2.21. The quantitative estimate of drug-likeness (QED) is 0.887. The van der Waals surface area contributed by atoms with Crippen molar-refractivity contribution in [3.05, 3.63) is 5.69 Å². The highest BCUT2D eigenvalue weighted by Gasteiger charge is 2.18. The van der Waals surface area contributed by atoms with Crippen molar-refractivity contribution < 1.29 is 0 Å². The molecule has 0 aliphatic rings. The predicted molar refractivity (Wildman–Crippen MR) is 83.0 cm³/mol. The second kappa shape index (κ2) is 6.29. The van der Waals surface area contributed by atoms with E-state index in [1.54, 1.807) is 11.3 Å². The first-order valence-electron chi connectivity index (χ1n) is 6.53. The van der Waals surface area contributed by atoms with Gasteiger partial charge in [-0.25, -0.2) is 4.98 Å². The number of anilines is 2. The molecule has 0 atom stereocenters. The highest BCUT2D eigenvalue weighted by molar-refractivity contribution is 7.25. The molecule has 5 nitrogen and oxygen atoms in total. The third kappa shape index (κ3) is 3.03. The lowest BCUT2D eigenvalue weighted by Gasteiger charge is -2.16. The molecular weight excluding hydrogens is 278 g/mol. The summed E-state index contributed by atoms with van der Waals surface area (Å²) in [6.45, 7) is 8.38. The molecule has 0 amide bonds. The van der Waals surface area contributed by atoms with E-state index >= 15 is 0 Å². The van der Waals surface area contributed by atoms with Gasteiger partial charge in [0.25, 0.3) is 0 Å². The van der Waals surface area contributed by atoms with Gasteiger partial charge in [-0.1, -0.05) is 36.0 Å². The van der Waals surface area contributed by atoms with E-state index in [-0.39, 0.29) is 0 Å². The van der Waals surface area contributed by atoms with Crippen LogP contribution < -0.4 is 10.6 Å². The van der Waals surface area contributed by atoms with Crippen molar-refractivity contribution in [3.63, 3.8) is 0 Å². The third-order valence-corrected chi connectivity index (χ3v) is 4.91. The Morgan fingerprint density at radius 1 is 1.11 bits per heavy atom. The van der Waals surface area contributed by atoms with Gasteiger partial charge >= 0.3 is 0 Å². The molecular formula is C12H19N5S2. The molecule has 0 spiro atoms. The number of nitrogen functional groups attached to an aromatic ring is 1. The molecule has 19 heavy (non-hydrogen) atoms. The van der Waals surface area contributed by atoms with Crippen molar-refractivity contribution in [2.45, 2.75) is 33.6 Å². The molecule has 2 N–H and O–H groups in total. The minimum atomic E-state index is 0.509. The van der Waals surface area contributed by atoms with Crippen LogP contribution in [0.25, 0.3) is 9.88 Å². The Balaban J connectivity index is 2.40. The van der Waals surface area contributed by atoms with Gasteiger partial charge in [-0.05, 0) is 20.3 Å². The smallest absolute Gasteiger partial charge is 0.203 e. The van der Waals surface area contributed by atoms with Crippen molar-refractivity contribution >= 4 is 32.9 Å². The van der Waals surface area contributed by atoms with Crippen LogP contribution in [0.5, 0.6) is 0 Å². The molecule has 0 aromatic carbocycles. The van der Waals surface area contributed by atoms with E-state index in [1.807, 2.05) is 0 Å². The zero-order chi connectivity index (χ0) is 13.8. The van der Waals surface area contributed by atoms with E-state index in [0.717, 1.165) is 46.6 Å². The van der Waals surface area contributed by atoms with Crippen LogP contribution >= 0.6 is 22.7 Å². The summed E-state index contributed by atoms with van der Waals surface area (Å²) in [5.74, 6) is 0. The standard InChI is InChI=1S/C12H19N5S2/c1-4-7-8-9(10-15-16-11(13)19-10)18-12(14-8)17(5-2)6-3/h4-7H2,1-3H3,(H2,13,16). The van der Waals surface area contributed by atoms with Gasteiger partial charge in [0.05, 0.1) is 10.6 Å². The lowest BCUT2D eigenvalue weighted by molar-refractivity contribution is 0.841. The molecule has 0 radical (unpaired) electrons. The molecule has 104 valence electrons. The SMILES string of the molecule is CCCc1nc(N(CC)CC)sc1-c1nnc(N)s1. The molecule has 0 saturated heterocycles. The third-order valence-electron chi connectivity index (χ3n) is 2.84. The molecule has 2 aromatic rings. The van der Waals surface area contributed by atoms with Crippen LogP contribution in [0.4, 0.5) is 10.3 Å². The van der Waals surface area contributed by atoms with Crippen LogP contribution in [0.2, 0.25) is 0 Å². The molecule has 0 saturated carbocycles. The van der Waals surface area contributed by atoms with Gasteiger partial charge in [-0.3, -0.25) is 0 Å². The first-order chi connectivity index (χ1) is 9.19. The van der Waals surface area contributed by atoms with E-state index in [0.29, 0.717) is 5.13 Å². The maximum Gasteiger partial charge on any atom is 0.203 e. The van der Waals surface area contributed by atoms with Crippen molar-refractivity contribution in [3.8, 4) is 9.88 Å². The maximum absolute atomic E-state index is 5.68. The average molecular weight is 297 g/mol. The molecule has 2 rings (SSSR count). The largest absolute Gasteiger partial charge is 0.374 e. The van der Waals surface area contributed by atoms with Crippen LogP contribution in [0, 0.1) is 0 Å². The van der Waals surface area contributed by atoms with E-state index < -0.39 is 0 Å². The average Bonchev–Trinajstić information content (AvgIpc) is 2.98. The van der Waals surface area contributed by atoms with Crippen LogP contribution in [-0.4, -0.2) is 28.3 Å². The van der Waals surface area contributed by atoms with Gasteiger partial charge in [0.15, 0.2) is 10.1 Å². The van der Waals surface area contributed by atoms with Gasteiger partial charge in [0.2, 0.25) is 5.13 Å². The highest BCUT2D eigenvalue weighted by atomic mass is 32.1. The monoisotopic (exact) mass is 297 g/mol. The topological polar surface area (TPSA) is 67.9 Å². The summed E-state index contributed by atoms with van der Waals surface area (Å²) in [6.07, 6.45) is 2.04. The van der Waals surface area contributed by atoms with Gasteiger partial charge < -0.3 is 10.6 Å². The second-order valence-corrected chi connectivity index (χ2v) is 6.13. The van der Waals surface area contributed by atoms with Gasteiger partial charge in [-0.15, -0.1) is 10.2 Å². The first-order valence-corrected chi connectivity index (χ1v) is 8.16. The van der Waals surface area contributed by atoms with Crippen LogP contribution in [0.15, 0.2) is 0 Å². The van der Waals surface area contributed by atoms with Crippen LogP contribution in [0.3, 0.4) is 0 Å². The summed E-state index contributed by atoms with van der Waals surface area (Å²) < 4.78 is 0. The van der Waals surface area contributed by atoms with Crippen LogP contribution in [-0.2, 0) is 6.42 Å². The number of nitrogens with two attached hydrogens (primary N) is 1. The zero-order valence-corrected chi connectivity index (χ0v) is 13.1.